The summed E-state index contributed by atoms with van der Waals surface area (Å²) in [5, 5.41) is 0. The fraction of sp³-hybridized carbons (Fsp3) is 0.300. The lowest BCUT2D eigenvalue weighted by Crippen LogP contribution is -2.26. The third-order valence-corrected chi connectivity index (χ3v) is 3.34. The van der Waals surface area contributed by atoms with E-state index in [9.17, 15) is 19.2 Å². The number of benzene rings is 1. The van der Waals surface area contributed by atoms with Gasteiger partial charge in [0.1, 0.15) is 0 Å². The van der Waals surface area contributed by atoms with Crippen LogP contribution in [0.25, 0.3) is 0 Å². The van der Waals surface area contributed by atoms with Crippen molar-refractivity contribution in [1.29, 1.82) is 0 Å². The molecule has 10 heteroatoms. The predicted octanol–water partition coefficient (Wildman–Crippen LogP) is 1.25. The minimum Gasteiger partial charge on any atom is -0.462 e. The van der Waals surface area contributed by atoms with Gasteiger partial charge >= 0.3 is 11.9 Å². The molecule has 0 aliphatic carbocycles. The van der Waals surface area contributed by atoms with E-state index < -0.39 is 23.8 Å². The molecule has 1 rings (SSSR count). The first-order valence-corrected chi connectivity index (χ1v) is 9.00. The zero-order valence-electron chi connectivity index (χ0n) is 16.4. The van der Waals surface area contributed by atoms with Crippen LogP contribution in [0.15, 0.2) is 49.6 Å². The largest absolute Gasteiger partial charge is 0.462 e. The van der Waals surface area contributed by atoms with E-state index in [1.807, 2.05) is 0 Å². The fourth-order valence-corrected chi connectivity index (χ4v) is 1.85. The standard InChI is InChI=1S/C20H24N2O8/c1-3-17(23)27-11-5-13-29-21-19(25)15-7-9-16(10-8-15)20(26)22-30-14-6-12-28-18(24)4-2/h3-4,7-10H,1-2,5-6,11-14H2,(H,21,25)(H,22,26). The Labute approximate surface area is 173 Å². The smallest absolute Gasteiger partial charge is 0.330 e. The number of rotatable bonds is 14. The molecule has 0 fully saturated rings. The van der Waals surface area contributed by atoms with Crippen molar-refractivity contribution >= 4 is 23.8 Å². The Bertz CT molecular complexity index is 683. The van der Waals surface area contributed by atoms with E-state index >= 15 is 0 Å². The molecule has 0 atom stereocenters. The Hall–Kier alpha value is -3.50. The highest BCUT2D eigenvalue weighted by Crippen LogP contribution is 2.05. The second kappa shape index (κ2) is 14.5. The van der Waals surface area contributed by atoms with E-state index in [1.165, 1.54) is 24.3 Å². The van der Waals surface area contributed by atoms with Gasteiger partial charge in [-0.3, -0.25) is 19.3 Å². The minimum atomic E-state index is -0.525. The number of hydrogen-bond donors (Lipinski definition) is 2. The Balaban J connectivity index is 2.24. The Morgan fingerprint density at radius 3 is 1.40 bits per heavy atom. The van der Waals surface area contributed by atoms with Gasteiger partial charge < -0.3 is 9.47 Å². The van der Waals surface area contributed by atoms with Gasteiger partial charge in [-0.15, -0.1) is 0 Å². The van der Waals surface area contributed by atoms with Crippen molar-refractivity contribution in [2.45, 2.75) is 12.8 Å². The molecular formula is C20H24N2O8. The van der Waals surface area contributed by atoms with Gasteiger partial charge in [0.25, 0.3) is 11.8 Å². The summed E-state index contributed by atoms with van der Waals surface area (Å²) >= 11 is 0. The summed E-state index contributed by atoms with van der Waals surface area (Å²) in [5.74, 6) is -2.03. The second-order valence-corrected chi connectivity index (χ2v) is 5.59. The predicted molar refractivity (Wildman–Crippen MR) is 105 cm³/mol. The Morgan fingerprint density at radius 1 is 0.700 bits per heavy atom. The first-order valence-electron chi connectivity index (χ1n) is 9.00. The maximum Gasteiger partial charge on any atom is 0.330 e. The molecule has 2 N–H and O–H groups in total. The molecule has 0 aromatic heterocycles. The topological polar surface area (TPSA) is 129 Å². The lowest BCUT2D eigenvalue weighted by atomic mass is 10.1. The van der Waals surface area contributed by atoms with Crippen molar-refractivity contribution in [1.82, 2.24) is 11.0 Å². The number of esters is 2. The van der Waals surface area contributed by atoms with Crippen LogP contribution in [0, 0.1) is 0 Å². The van der Waals surface area contributed by atoms with Gasteiger partial charge in [0.05, 0.1) is 26.4 Å². The molecule has 0 heterocycles. The zero-order valence-corrected chi connectivity index (χ0v) is 16.4. The summed E-state index contributed by atoms with van der Waals surface area (Å²) in [5.41, 5.74) is 5.07. The monoisotopic (exact) mass is 420 g/mol. The van der Waals surface area contributed by atoms with Crippen LogP contribution in [0.4, 0.5) is 0 Å². The van der Waals surface area contributed by atoms with Crippen LogP contribution in [0.5, 0.6) is 0 Å². The molecular weight excluding hydrogens is 396 g/mol. The third-order valence-electron chi connectivity index (χ3n) is 3.34. The lowest BCUT2D eigenvalue weighted by molar-refractivity contribution is -0.139. The van der Waals surface area contributed by atoms with Crippen LogP contribution in [-0.4, -0.2) is 50.2 Å². The summed E-state index contributed by atoms with van der Waals surface area (Å²) in [6, 6.07) is 5.81. The van der Waals surface area contributed by atoms with Crippen LogP contribution < -0.4 is 11.0 Å². The molecule has 2 amide bonds. The number of carbonyl (C=O) groups is 4. The molecule has 0 saturated heterocycles. The minimum absolute atomic E-state index is 0.145. The lowest BCUT2D eigenvalue weighted by Gasteiger charge is -2.08. The molecule has 0 aliphatic heterocycles. The van der Waals surface area contributed by atoms with E-state index in [2.05, 4.69) is 24.1 Å². The molecule has 0 aliphatic rings. The molecule has 1 aromatic carbocycles. The summed E-state index contributed by atoms with van der Waals surface area (Å²) in [6.45, 7) is 7.14. The first kappa shape index (κ1) is 24.5. The second-order valence-electron chi connectivity index (χ2n) is 5.59. The number of nitrogens with one attached hydrogen (secondary N) is 2. The van der Waals surface area contributed by atoms with E-state index in [4.69, 9.17) is 19.1 Å². The summed E-state index contributed by atoms with van der Waals surface area (Å²) in [6.07, 6.45) is 2.91. The maximum atomic E-state index is 12.0. The summed E-state index contributed by atoms with van der Waals surface area (Å²) in [4.78, 5) is 55.6. The van der Waals surface area contributed by atoms with Gasteiger partial charge in [0.15, 0.2) is 0 Å². The Morgan fingerprint density at radius 2 is 1.07 bits per heavy atom. The van der Waals surface area contributed by atoms with Gasteiger partial charge in [-0.1, -0.05) is 13.2 Å². The molecule has 10 nitrogen and oxygen atoms in total. The molecule has 0 spiro atoms. The van der Waals surface area contributed by atoms with E-state index in [-0.39, 0.29) is 37.6 Å². The quantitative estimate of drug-likeness (QED) is 0.199. The van der Waals surface area contributed by atoms with Crippen molar-refractivity contribution in [3.63, 3.8) is 0 Å². The average molecular weight is 420 g/mol. The molecule has 30 heavy (non-hydrogen) atoms. The third kappa shape index (κ3) is 10.2. The Kier molecular flexibility index (Phi) is 11.9. The van der Waals surface area contributed by atoms with Crippen molar-refractivity contribution in [2.24, 2.45) is 0 Å². The number of hydrogen-bond acceptors (Lipinski definition) is 8. The van der Waals surface area contributed by atoms with Gasteiger partial charge in [-0.05, 0) is 24.3 Å². The normalized spacial score (nSPS) is 9.87. The van der Waals surface area contributed by atoms with E-state index in [0.29, 0.717) is 12.8 Å². The van der Waals surface area contributed by atoms with Gasteiger partial charge in [-0.2, -0.15) is 0 Å². The summed E-state index contributed by atoms with van der Waals surface area (Å²) < 4.78 is 9.52. The maximum absolute atomic E-state index is 12.0. The van der Waals surface area contributed by atoms with Crippen LogP contribution >= 0.6 is 0 Å². The van der Waals surface area contributed by atoms with Crippen molar-refractivity contribution in [2.75, 3.05) is 26.4 Å². The summed E-state index contributed by atoms with van der Waals surface area (Å²) in [7, 11) is 0. The van der Waals surface area contributed by atoms with Crippen LogP contribution in [0.3, 0.4) is 0 Å². The average Bonchev–Trinajstić information content (AvgIpc) is 2.77. The van der Waals surface area contributed by atoms with E-state index in [0.717, 1.165) is 12.2 Å². The van der Waals surface area contributed by atoms with Crippen molar-refractivity contribution in [3.8, 4) is 0 Å². The first-order chi connectivity index (χ1) is 14.5. The number of ether oxygens (including phenoxy) is 2. The highest BCUT2D eigenvalue weighted by Gasteiger charge is 2.09. The zero-order chi connectivity index (χ0) is 22.2. The highest BCUT2D eigenvalue weighted by molar-refractivity contribution is 5.97. The molecule has 1 aromatic rings. The SMILES string of the molecule is C=CC(=O)OCCCONC(=O)c1ccc(C(=O)NOCCCOC(=O)C=C)cc1. The number of hydroxylamine groups is 2. The molecule has 0 saturated carbocycles. The fourth-order valence-electron chi connectivity index (χ4n) is 1.85. The number of amides is 2. The van der Waals surface area contributed by atoms with Gasteiger partial charge in [0, 0.05) is 36.1 Å². The van der Waals surface area contributed by atoms with Crippen LogP contribution in [0.2, 0.25) is 0 Å². The van der Waals surface area contributed by atoms with Gasteiger partial charge in [-0.25, -0.2) is 20.5 Å². The number of carbonyl (C=O) groups excluding carboxylic acids is 4. The highest BCUT2D eigenvalue weighted by atomic mass is 16.7. The van der Waals surface area contributed by atoms with E-state index in [1.54, 1.807) is 0 Å². The molecule has 0 unspecified atom stereocenters. The van der Waals surface area contributed by atoms with Gasteiger partial charge in [0.2, 0.25) is 0 Å². The van der Waals surface area contributed by atoms with Crippen molar-refractivity contribution in [3.05, 3.63) is 60.7 Å². The molecule has 0 bridgehead atoms. The molecule has 162 valence electrons. The van der Waals surface area contributed by atoms with Crippen molar-refractivity contribution < 1.29 is 38.3 Å². The van der Waals surface area contributed by atoms with Crippen LogP contribution in [0.1, 0.15) is 33.6 Å². The molecule has 0 radical (unpaired) electrons. The van der Waals surface area contributed by atoms with Crippen LogP contribution in [-0.2, 0) is 28.7 Å².